The second kappa shape index (κ2) is 5.47. The SMILES string of the molecule is NC(=S)c1ccc2ccn(Cc3c(F)cccc3Cl)c2c1. The molecule has 0 fully saturated rings. The van der Waals surface area contributed by atoms with Crippen LogP contribution in [0.15, 0.2) is 48.7 Å². The van der Waals surface area contributed by atoms with Gasteiger partial charge in [-0.1, -0.05) is 42.0 Å². The Morgan fingerprint density at radius 1 is 1.24 bits per heavy atom. The molecule has 1 aromatic heterocycles. The molecule has 1 heterocycles. The molecule has 2 aromatic carbocycles. The van der Waals surface area contributed by atoms with E-state index in [2.05, 4.69) is 0 Å². The lowest BCUT2D eigenvalue weighted by atomic mass is 10.1. The fourth-order valence-electron chi connectivity index (χ4n) is 2.33. The van der Waals surface area contributed by atoms with Crippen LogP contribution in [0.25, 0.3) is 10.9 Å². The summed E-state index contributed by atoms with van der Waals surface area (Å²) in [6, 6.07) is 12.4. The molecule has 0 unspecified atom stereocenters. The molecule has 0 aliphatic carbocycles. The molecule has 2 nitrogen and oxygen atoms in total. The van der Waals surface area contributed by atoms with Gasteiger partial charge in [0.25, 0.3) is 0 Å². The lowest BCUT2D eigenvalue weighted by Crippen LogP contribution is -2.09. The molecular formula is C16H12ClFN2S. The summed E-state index contributed by atoms with van der Waals surface area (Å²) in [4.78, 5) is 0.341. The van der Waals surface area contributed by atoms with Crippen LogP contribution >= 0.6 is 23.8 Å². The third kappa shape index (κ3) is 2.64. The Balaban J connectivity index is 2.08. The van der Waals surface area contributed by atoms with Crippen molar-refractivity contribution in [1.29, 1.82) is 0 Å². The van der Waals surface area contributed by atoms with E-state index in [9.17, 15) is 4.39 Å². The summed E-state index contributed by atoms with van der Waals surface area (Å²) in [7, 11) is 0. The number of hydrogen-bond donors (Lipinski definition) is 1. The molecular weight excluding hydrogens is 307 g/mol. The topological polar surface area (TPSA) is 30.9 Å². The highest BCUT2D eigenvalue weighted by Crippen LogP contribution is 2.24. The summed E-state index contributed by atoms with van der Waals surface area (Å²) < 4.78 is 15.8. The standard InChI is InChI=1S/C16H12ClFN2S/c17-13-2-1-3-14(18)12(13)9-20-7-6-10-4-5-11(16(19)21)8-15(10)20/h1-8H,9H2,(H2,19,21). The van der Waals surface area contributed by atoms with Crippen LogP contribution in [-0.4, -0.2) is 9.56 Å². The maximum Gasteiger partial charge on any atom is 0.129 e. The van der Waals surface area contributed by atoms with Crippen molar-refractivity contribution in [1.82, 2.24) is 4.57 Å². The summed E-state index contributed by atoms with van der Waals surface area (Å²) >= 11 is 11.1. The molecule has 0 bridgehead atoms. The van der Waals surface area contributed by atoms with Gasteiger partial charge in [-0.25, -0.2) is 4.39 Å². The molecule has 0 atom stereocenters. The minimum atomic E-state index is -0.310. The number of benzene rings is 2. The van der Waals surface area contributed by atoms with Gasteiger partial charge in [-0.2, -0.15) is 0 Å². The van der Waals surface area contributed by atoms with Gasteiger partial charge in [0.15, 0.2) is 0 Å². The summed E-state index contributed by atoms with van der Waals surface area (Å²) in [5.41, 5.74) is 7.87. The third-order valence-electron chi connectivity index (χ3n) is 3.45. The van der Waals surface area contributed by atoms with Gasteiger partial charge >= 0.3 is 0 Å². The fraction of sp³-hybridized carbons (Fsp3) is 0.0625. The number of thiocarbonyl (C=S) groups is 1. The van der Waals surface area contributed by atoms with Gasteiger partial charge in [0.05, 0.1) is 6.54 Å². The van der Waals surface area contributed by atoms with Crippen molar-refractivity contribution in [2.45, 2.75) is 6.54 Å². The first-order valence-electron chi connectivity index (χ1n) is 6.38. The van der Waals surface area contributed by atoms with Crippen molar-refractivity contribution in [2.75, 3.05) is 0 Å². The minimum absolute atomic E-state index is 0.310. The van der Waals surface area contributed by atoms with E-state index < -0.39 is 0 Å². The van der Waals surface area contributed by atoms with Crippen LogP contribution in [0.2, 0.25) is 5.02 Å². The maximum atomic E-state index is 13.9. The van der Waals surface area contributed by atoms with Gasteiger partial charge in [-0.05, 0) is 29.7 Å². The zero-order valence-electron chi connectivity index (χ0n) is 11.0. The Morgan fingerprint density at radius 2 is 2.05 bits per heavy atom. The van der Waals surface area contributed by atoms with E-state index in [-0.39, 0.29) is 5.82 Å². The number of rotatable bonds is 3. The average molecular weight is 319 g/mol. The highest BCUT2D eigenvalue weighted by atomic mass is 35.5. The van der Waals surface area contributed by atoms with E-state index in [1.165, 1.54) is 6.07 Å². The number of aromatic nitrogens is 1. The van der Waals surface area contributed by atoms with Gasteiger partial charge in [-0.3, -0.25) is 0 Å². The van der Waals surface area contributed by atoms with Crippen LogP contribution in [0.3, 0.4) is 0 Å². The molecule has 2 N–H and O–H groups in total. The molecule has 0 saturated heterocycles. The molecule has 0 radical (unpaired) electrons. The van der Waals surface area contributed by atoms with Crippen molar-refractivity contribution in [3.05, 3.63) is 70.6 Å². The van der Waals surface area contributed by atoms with Crippen LogP contribution in [0.4, 0.5) is 4.39 Å². The summed E-state index contributed by atoms with van der Waals surface area (Å²) in [5, 5.41) is 1.46. The quantitative estimate of drug-likeness (QED) is 0.737. The van der Waals surface area contributed by atoms with Gasteiger partial charge in [-0.15, -0.1) is 0 Å². The smallest absolute Gasteiger partial charge is 0.129 e. The molecule has 0 amide bonds. The van der Waals surface area contributed by atoms with Crippen molar-refractivity contribution in [3.8, 4) is 0 Å². The molecule has 106 valence electrons. The normalized spacial score (nSPS) is 11.0. The van der Waals surface area contributed by atoms with Crippen LogP contribution in [0.1, 0.15) is 11.1 Å². The number of hydrogen-bond acceptors (Lipinski definition) is 1. The van der Waals surface area contributed by atoms with Crippen molar-refractivity contribution < 1.29 is 4.39 Å². The third-order valence-corrected chi connectivity index (χ3v) is 4.04. The first-order valence-corrected chi connectivity index (χ1v) is 7.16. The fourth-order valence-corrected chi connectivity index (χ4v) is 2.68. The molecule has 21 heavy (non-hydrogen) atoms. The van der Waals surface area contributed by atoms with E-state index >= 15 is 0 Å². The predicted molar refractivity (Wildman–Crippen MR) is 88.3 cm³/mol. The first-order chi connectivity index (χ1) is 10.1. The van der Waals surface area contributed by atoms with E-state index in [1.54, 1.807) is 12.1 Å². The van der Waals surface area contributed by atoms with Gasteiger partial charge in [0.1, 0.15) is 10.8 Å². The Hall–Kier alpha value is -1.91. The lowest BCUT2D eigenvalue weighted by molar-refractivity contribution is 0.602. The zero-order valence-corrected chi connectivity index (χ0v) is 12.6. The second-order valence-electron chi connectivity index (χ2n) is 4.78. The Kier molecular flexibility index (Phi) is 3.66. The van der Waals surface area contributed by atoms with E-state index in [0.717, 1.165) is 16.5 Å². The highest BCUT2D eigenvalue weighted by molar-refractivity contribution is 7.80. The monoisotopic (exact) mass is 318 g/mol. The molecule has 0 saturated carbocycles. The van der Waals surface area contributed by atoms with Crippen LogP contribution in [-0.2, 0) is 6.54 Å². The lowest BCUT2D eigenvalue weighted by Gasteiger charge is -2.09. The average Bonchev–Trinajstić information content (AvgIpc) is 2.85. The maximum absolute atomic E-state index is 13.9. The molecule has 5 heteroatoms. The van der Waals surface area contributed by atoms with Crippen molar-refractivity contribution >= 4 is 39.7 Å². The van der Waals surface area contributed by atoms with Crippen molar-refractivity contribution in [3.63, 3.8) is 0 Å². The van der Waals surface area contributed by atoms with Crippen molar-refractivity contribution in [2.24, 2.45) is 5.73 Å². The van der Waals surface area contributed by atoms with Gasteiger partial charge < -0.3 is 10.3 Å². The number of nitrogens with zero attached hydrogens (tertiary/aromatic N) is 1. The van der Waals surface area contributed by atoms with Crippen LogP contribution in [0, 0.1) is 5.82 Å². The second-order valence-corrected chi connectivity index (χ2v) is 5.63. The zero-order chi connectivity index (χ0) is 15.0. The van der Waals surface area contributed by atoms with E-state index in [1.807, 2.05) is 35.0 Å². The highest BCUT2D eigenvalue weighted by Gasteiger charge is 2.10. The molecule has 0 aliphatic rings. The first kappa shape index (κ1) is 14.0. The van der Waals surface area contributed by atoms with Crippen LogP contribution in [0.5, 0.6) is 0 Å². The van der Waals surface area contributed by atoms with Gasteiger partial charge in [0, 0.05) is 27.9 Å². The number of fused-ring (bicyclic) bond motifs is 1. The summed E-state index contributed by atoms with van der Waals surface area (Å²) in [6.45, 7) is 0.357. The molecule has 3 rings (SSSR count). The minimum Gasteiger partial charge on any atom is -0.389 e. The number of halogens is 2. The summed E-state index contributed by atoms with van der Waals surface area (Å²) in [6.07, 6.45) is 1.90. The molecule has 3 aromatic rings. The molecule has 0 spiro atoms. The Bertz CT molecular complexity index is 821. The van der Waals surface area contributed by atoms with E-state index in [0.29, 0.717) is 22.1 Å². The van der Waals surface area contributed by atoms with Gasteiger partial charge in [0.2, 0.25) is 0 Å². The van der Waals surface area contributed by atoms with E-state index in [4.69, 9.17) is 29.6 Å². The largest absolute Gasteiger partial charge is 0.389 e. The summed E-state index contributed by atoms with van der Waals surface area (Å²) in [5.74, 6) is -0.310. The van der Waals surface area contributed by atoms with Crippen LogP contribution < -0.4 is 5.73 Å². The molecule has 0 aliphatic heterocycles. The predicted octanol–water partition coefficient (Wildman–Crippen LogP) is 4.12. The Morgan fingerprint density at radius 3 is 2.76 bits per heavy atom. The Labute approximate surface area is 131 Å². The number of nitrogens with two attached hydrogens (primary N) is 1.